The third kappa shape index (κ3) is 2.27. The van der Waals surface area contributed by atoms with Gasteiger partial charge in [0, 0.05) is 12.1 Å². The summed E-state index contributed by atoms with van der Waals surface area (Å²) >= 11 is 0. The predicted molar refractivity (Wildman–Crippen MR) is 56.1 cm³/mol. The maximum atomic E-state index is 10.4. The summed E-state index contributed by atoms with van der Waals surface area (Å²) in [6.45, 7) is 0. The number of nitrogens with zero attached hydrogens (tertiary/aromatic N) is 5. The summed E-state index contributed by atoms with van der Waals surface area (Å²) in [7, 11) is 0. The van der Waals surface area contributed by atoms with E-state index in [1.54, 1.807) is 18.3 Å². The maximum absolute atomic E-state index is 10.4. The first kappa shape index (κ1) is 9.97. The number of benzene rings is 1. The molecule has 0 saturated carbocycles. The molecule has 0 atom stereocenters. The monoisotopic (exact) mass is 217 g/mol. The SMILES string of the molecule is O=[N+]([O-])c1ccc(/C=N\n2cncn2)cc1. The van der Waals surface area contributed by atoms with Crippen LogP contribution in [0.5, 0.6) is 0 Å². The fourth-order valence-electron chi connectivity index (χ4n) is 1.07. The Kier molecular flexibility index (Phi) is 2.68. The highest BCUT2D eigenvalue weighted by Gasteiger charge is 2.02. The third-order valence-corrected chi connectivity index (χ3v) is 1.84. The molecular weight excluding hydrogens is 210 g/mol. The lowest BCUT2D eigenvalue weighted by Gasteiger charge is -1.93. The number of nitro benzene ring substituents is 1. The van der Waals surface area contributed by atoms with E-state index in [1.807, 2.05) is 0 Å². The molecule has 0 unspecified atom stereocenters. The van der Waals surface area contributed by atoms with Crippen LogP contribution in [-0.4, -0.2) is 26.0 Å². The number of rotatable bonds is 3. The minimum Gasteiger partial charge on any atom is -0.258 e. The van der Waals surface area contributed by atoms with Crippen LogP contribution in [0.15, 0.2) is 42.0 Å². The van der Waals surface area contributed by atoms with Crippen molar-refractivity contribution >= 4 is 11.9 Å². The minimum atomic E-state index is -0.446. The number of aromatic nitrogens is 3. The first-order valence-electron chi connectivity index (χ1n) is 4.39. The van der Waals surface area contributed by atoms with Crippen molar-refractivity contribution in [3.05, 3.63) is 52.6 Å². The lowest BCUT2D eigenvalue weighted by Crippen LogP contribution is -1.91. The van der Waals surface area contributed by atoms with E-state index in [0.29, 0.717) is 0 Å². The maximum Gasteiger partial charge on any atom is 0.269 e. The summed E-state index contributed by atoms with van der Waals surface area (Å²) < 4.78 is 0. The summed E-state index contributed by atoms with van der Waals surface area (Å²) in [5, 5.41) is 18.1. The van der Waals surface area contributed by atoms with E-state index in [4.69, 9.17) is 0 Å². The summed E-state index contributed by atoms with van der Waals surface area (Å²) in [5.74, 6) is 0. The Morgan fingerprint density at radius 2 is 2.12 bits per heavy atom. The van der Waals surface area contributed by atoms with Crippen LogP contribution in [-0.2, 0) is 0 Å². The molecule has 0 aliphatic rings. The highest BCUT2D eigenvalue weighted by atomic mass is 16.6. The fourth-order valence-corrected chi connectivity index (χ4v) is 1.07. The van der Waals surface area contributed by atoms with Crippen molar-refractivity contribution in [2.24, 2.45) is 5.10 Å². The van der Waals surface area contributed by atoms with Crippen LogP contribution >= 0.6 is 0 Å². The Labute approximate surface area is 90.2 Å². The van der Waals surface area contributed by atoms with E-state index in [0.717, 1.165) is 5.56 Å². The molecule has 0 spiro atoms. The summed E-state index contributed by atoms with van der Waals surface area (Å²) in [5.41, 5.74) is 0.805. The molecule has 80 valence electrons. The van der Waals surface area contributed by atoms with Gasteiger partial charge in [-0.2, -0.15) is 5.10 Å². The molecule has 16 heavy (non-hydrogen) atoms. The molecule has 7 heteroatoms. The van der Waals surface area contributed by atoms with Gasteiger partial charge in [-0.1, -0.05) is 0 Å². The van der Waals surface area contributed by atoms with Gasteiger partial charge < -0.3 is 0 Å². The molecule has 1 aromatic heterocycles. The van der Waals surface area contributed by atoms with Gasteiger partial charge in [0.05, 0.1) is 11.1 Å². The molecule has 0 aliphatic heterocycles. The quantitative estimate of drug-likeness (QED) is 0.437. The van der Waals surface area contributed by atoms with Crippen LogP contribution in [0.25, 0.3) is 0 Å². The molecule has 0 amide bonds. The molecule has 2 rings (SSSR count). The second-order valence-corrected chi connectivity index (χ2v) is 2.91. The van der Waals surface area contributed by atoms with Crippen molar-refractivity contribution in [1.29, 1.82) is 0 Å². The Hall–Kier alpha value is -2.57. The summed E-state index contributed by atoms with van der Waals surface area (Å²) in [6, 6.07) is 6.06. The van der Waals surface area contributed by atoms with Crippen molar-refractivity contribution in [3.63, 3.8) is 0 Å². The van der Waals surface area contributed by atoms with E-state index < -0.39 is 4.92 Å². The topological polar surface area (TPSA) is 86.2 Å². The first-order chi connectivity index (χ1) is 7.75. The molecule has 1 aromatic carbocycles. The van der Waals surface area contributed by atoms with Crippen molar-refractivity contribution < 1.29 is 4.92 Å². The average Bonchev–Trinajstić information content (AvgIpc) is 2.80. The zero-order chi connectivity index (χ0) is 11.4. The van der Waals surface area contributed by atoms with E-state index >= 15 is 0 Å². The summed E-state index contributed by atoms with van der Waals surface area (Å²) in [4.78, 5) is 15.0. The van der Waals surface area contributed by atoms with Crippen LogP contribution in [0.1, 0.15) is 5.56 Å². The Balaban J connectivity index is 2.14. The Morgan fingerprint density at radius 1 is 1.38 bits per heavy atom. The summed E-state index contributed by atoms with van der Waals surface area (Å²) in [6.07, 6.45) is 4.35. The van der Waals surface area contributed by atoms with Crippen LogP contribution in [0.2, 0.25) is 0 Å². The molecule has 0 N–H and O–H groups in total. The predicted octanol–water partition coefficient (Wildman–Crippen LogP) is 1.07. The molecule has 0 saturated heterocycles. The van der Waals surface area contributed by atoms with Crippen LogP contribution in [0, 0.1) is 10.1 Å². The fraction of sp³-hybridized carbons (Fsp3) is 0. The van der Waals surface area contributed by atoms with Gasteiger partial charge >= 0.3 is 0 Å². The molecular formula is C9H7N5O2. The van der Waals surface area contributed by atoms with Crippen LogP contribution in [0.4, 0.5) is 5.69 Å². The van der Waals surface area contributed by atoms with Gasteiger partial charge in [0.2, 0.25) is 0 Å². The average molecular weight is 217 g/mol. The first-order valence-corrected chi connectivity index (χ1v) is 4.39. The smallest absolute Gasteiger partial charge is 0.258 e. The number of non-ortho nitro benzene ring substituents is 1. The normalized spacial score (nSPS) is 10.8. The van der Waals surface area contributed by atoms with Gasteiger partial charge in [-0.25, -0.2) is 4.98 Å². The third-order valence-electron chi connectivity index (χ3n) is 1.84. The standard InChI is InChI=1S/C9H7N5O2/c15-14(16)9-3-1-8(2-4-9)5-11-13-7-10-6-12-13/h1-7H/b11-5-. The molecule has 0 aliphatic carbocycles. The van der Waals surface area contributed by atoms with Gasteiger partial charge in [-0.05, 0) is 17.7 Å². The van der Waals surface area contributed by atoms with Gasteiger partial charge in [0.1, 0.15) is 12.7 Å². The van der Waals surface area contributed by atoms with E-state index in [-0.39, 0.29) is 5.69 Å². The van der Waals surface area contributed by atoms with Crippen molar-refractivity contribution in [3.8, 4) is 0 Å². The lowest BCUT2D eigenvalue weighted by atomic mass is 10.2. The molecule has 2 aromatic rings. The lowest BCUT2D eigenvalue weighted by molar-refractivity contribution is -0.384. The van der Waals surface area contributed by atoms with Gasteiger partial charge in [0.25, 0.3) is 5.69 Å². The largest absolute Gasteiger partial charge is 0.269 e. The zero-order valence-electron chi connectivity index (χ0n) is 8.09. The Morgan fingerprint density at radius 3 is 2.69 bits per heavy atom. The van der Waals surface area contributed by atoms with Gasteiger partial charge in [-0.3, -0.25) is 10.1 Å². The molecule has 0 radical (unpaired) electrons. The van der Waals surface area contributed by atoms with Gasteiger partial charge in [0.15, 0.2) is 0 Å². The second-order valence-electron chi connectivity index (χ2n) is 2.91. The molecule has 0 bridgehead atoms. The van der Waals surface area contributed by atoms with Crippen LogP contribution < -0.4 is 0 Å². The van der Waals surface area contributed by atoms with E-state index in [2.05, 4.69) is 15.2 Å². The highest BCUT2D eigenvalue weighted by Crippen LogP contribution is 2.10. The minimum absolute atomic E-state index is 0.0536. The Bertz CT molecular complexity index is 503. The number of hydrogen-bond acceptors (Lipinski definition) is 5. The van der Waals surface area contributed by atoms with E-state index in [1.165, 1.54) is 29.6 Å². The number of hydrogen-bond donors (Lipinski definition) is 0. The van der Waals surface area contributed by atoms with Crippen molar-refractivity contribution in [2.75, 3.05) is 0 Å². The molecule has 7 nitrogen and oxygen atoms in total. The van der Waals surface area contributed by atoms with Crippen molar-refractivity contribution in [2.45, 2.75) is 0 Å². The second kappa shape index (κ2) is 4.30. The molecule has 1 heterocycles. The molecule has 0 fully saturated rings. The van der Waals surface area contributed by atoms with Gasteiger partial charge in [-0.15, -0.1) is 9.89 Å². The van der Waals surface area contributed by atoms with E-state index in [9.17, 15) is 10.1 Å². The zero-order valence-corrected chi connectivity index (χ0v) is 8.09. The van der Waals surface area contributed by atoms with Crippen molar-refractivity contribution in [1.82, 2.24) is 14.9 Å². The van der Waals surface area contributed by atoms with Crippen LogP contribution in [0.3, 0.4) is 0 Å². The highest BCUT2D eigenvalue weighted by molar-refractivity contribution is 5.79. The number of nitro groups is 1.